The van der Waals surface area contributed by atoms with Gasteiger partial charge in [-0.15, -0.1) is 0 Å². The zero-order valence-corrected chi connectivity index (χ0v) is 15.8. The molecule has 1 aliphatic rings. The van der Waals surface area contributed by atoms with Gasteiger partial charge in [0.1, 0.15) is 5.75 Å². The average Bonchev–Trinajstić information content (AvgIpc) is 2.99. The van der Waals surface area contributed by atoms with E-state index >= 15 is 0 Å². The Morgan fingerprint density at radius 1 is 1.35 bits per heavy atom. The fraction of sp³-hybridized carbons (Fsp3) is 0.500. The number of nitrogens with zero attached hydrogens (tertiary/aromatic N) is 2. The van der Waals surface area contributed by atoms with Crippen molar-refractivity contribution in [3.05, 3.63) is 41.2 Å². The van der Waals surface area contributed by atoms with Gasteiger partial charge in [-0.25, -0.2) is 0 Å². The van der Waals surface area contributed by atoms with Crippen molar-refractivity contribution in [2.45, 2.75) is 45.6 Å². The van der Waals surface area contributed by atoms with Gasteiger partial charge >= 0.3 is 0 Å². The van der Waals surface area contributed by atoms with Crippen LogP contribution < -0.4 is 10.1 Å². The quantitative estimate of drug-likeness (QED) is 0.834. The molecule has 0 saturated carbocycles. The molecule has 0 radical (unpaired) electrons. The van der Waals surface area contributed by atoms with E-state index in [1.54, 1.807) is 7.11 Å². The highest BCUT2D eigenvalue weighted by molar-refractivity contribution is 5.76. The lowest BCUT2D eigenvalue weighted by molar-refractivity contribution is -0.132. The van der Waals surface area contributed by atoms with Gasteiger partial charge in [0.15, 0.2) is 0 Å². The number of nitrogens with one attached hydrogen (secondary N) is 2. The topological polar surface area (TPSA) is 70.2 Å². The largest absolute Gasteiger partial charge is 0.497 e. The number of aromatic nitrogens is 2. The molecule has 1 aliphatic heterocycles. The molecule has 26 heavy (non-hydrogen) atoms. The summed E-state index contributed by atoms with van der Waals surface area (Å²) < 4.78 is 5.19. The third-order valence-electron chi connectivity index (χ3n) is 5.16. The summed E-state index contributed by atoms with van der Waals surface area (Å²) >= 11 is 0. The van der Waals surface area contributed by atoms with E-state index in [4.69, 9.17) is 4.74 Å². The van der Waals surface area contributed by atoms with Gasteiger partial charge in [-0.3, -0.25) is 9.89 Å². The number of hydrogen-bond donors (Lipinski definition) is 2. The van der Waals surface area contributed by atoms with E-state index in [0.717, 1.165) is 54.3 Å². The van der Waals surface area contributed by atoms with Crippen LogP contribution in [-0.2, 0) is 11.2 Å². The van der Waals surface area contributed by atoms with E-state index in [1.807, 2.05) is 43.0 Å². The Morgan fingerprint density at radius 2 is 2.12 bits per heavy atom. The normalized spacial score (nSPS) is 17.2. The maximum Gasteiger partial charge on any atom is 0.223 e. The predicted molar refractivity (Wildman–Crippen MR) is 103 cm³/mol. The number of ether oxygens (including phenoxy) is 1. The SMILES string of the molecule is COc1ccc(N[C@H]2CCCN(C(=O)CCc3n[nH]c(C)c3C)C2)cc1. The van der Waals surface area contributed by atoms with Gasteiger partial charge in [-0.05, 0) is 56.5 Å². The minimum Gasteiger partial charge on any atom is -0.497 e. The monoisotopic (exact) mass is 356 g/mol. The molecule has 0 spiro atoms. The molecule has 1 aromatic carbocycles. The Hall–Kier alpha value is -2.50. The molecule has 2 heterocycles. The van der Waals surface area contributed by atoms with E-state index in [2.05, 4.69) is 15.5 Å². The van der Waals surface area contributed by atoms with Crippen molar-refractivity contribution in [2.75, 3.05) is 25.5 Å². The second-order valence-corrected chi connectivity index (χ2v) is 6.97. The van der Waals surface area contributed by atoms with Crippen LogP contribution in [0.15, 0.2) is 24.3 Å². The number of benzene rings is 1. The Labute approximate surface area is 154 Å². The standard InChI is InChI=1S/C20H28N4O2/c1-14-15(2)22-23-19(14)10-11-20(25)24-12-4-5-17(13-24)21-16-6-8-18(26-3)9-7-16/h6-9,17,21H,4-5,10-13H2,1-3H3,(H,22,23)/t17-/m0/s1. The van der Waals surface area contributed by atoms with Gasteiger partial charge < -0.3 is 15.0 Å². The lowest BCUT2D eigenvalue weighted by atomic mass is 10.0. The number of likely N-dealkylation sites (tertiary alicyclic amines) is 1. The lowest BCUT2D eigenvalue weighted by Gasteiger charge is -2.33. The van der Waals surface area contributed by atoms with E-state index in [-0.39, 0.29) is 11.9 Å². The molecule has 0 bridgehead atoms. The highest BCUT2D eigenvalue weighted by Gasteiger charge is 2.23. The van der Waals surface area contributed by atoms with E-state index in [9.17, 15) is 4.79 Å². The van der Waals surface area contributed by atoms with Crippen LogP contribution >= 0.6 is 0 Å². The van der Waals surface area contributed by atoms with Crippen molar-refractivity contribution < 1.29 is 9.53 Å². The summed E-state index contributed by atoms with van der Waals surface area (Å²) in [5, 5.41) is 10.8. The number of rotatable bonds is 6. The summed E-state index contributed by atoms with van der Waals surface area (Å²) in [6.45, 7) is 5.66. The number of aromatic amines is 1. The van der Waals surface area contributed by atoms with Crippen LogP contribution in [0.1, 0.15) is 36.2 Å². The lowest BCUT2D eigenvalue weighted by Crippen LogP contribution is -2.45. The first-order valence-electron chi connectivity index (χ1n) is 9.25. The minimum absolute atomic E-state index is 0.214. The molecule has 1 aromatic heterocycles. The number of carbonyl (C=O) groups excluding carboxylic acids is 1. The summed E-state index contributed by atoms with van der Waals surface area (Å²) in [6.07, 6.45) is 3.32. The first-order valence-corrected chi connectivity index (χ1v) is 9.25. The van der Waals surface area contributed by atoms with E-state index < -0.39 is 0 Å². The molecule has 3 rings (SSSR count). The zero-order chi connectivity index (χ0) is 18.5. The molecule has 140 valence electrons. The fourth-order valence-corrected chi connectivity index (χ4v) is 3.41. The van der Waals surface area contributed by atoms with Gasteiger partial charge in [0.2, 0.25) is 5.91 Å². The smallest absolute Gasteiger partial charge is 0.223 e. The Balaban J connectivity index is 1.52. The average molecular weight is 356 g/mol. The Morgan fingerprint density at radius 3 is 2.77 bits per heavy atom. The number of hydrogen-bond acceptors (Lipinski definition) is 4. The molecule has 2 aromatic rings. The van der Waals surface area contributed by atoms with Crippen molar-refractivity contribution >= 4 is 11.6 Å². The summed E-state index contributed by atoms with van der Waals surface area (Å²) in [5.74, 6) is 1.06. The number of H-pyrrole nitrogens is 1. The molecule has 1 saturated heterocycles. The molecule has 0 aliphatic carbocycles. The number of aryl methyl sites for hydroxylation is 2. The van der Waals surface area contributed by atoms with Crippen LogP contribution in [-0.4, -0.2) is 47.2 Å². The molecular formula is C20H28N4O2. The van der Waals surface area contributed by atoms with Crippen LogP contribution in [0.25, 0.3) is 0 Å². The minimum atomic E-state index is 0.214. The maximum absolute atomic E-state index is 12.6. The van der Waals surface area contributed by atoms with Crippen LogP contribution in [0.4, 0.5) is 5.69 Å². The Kier molecular flexibility index (Phi) is 5.81. The maximum atomic E-state index is 12.6. The third kappa shape index (κ3) is 4.36. The van der Waals surface area contributed by atoms with Crippen LogP contribution in [0, 0.1) is 13.8 Å². The summed E-state index contributed by atoms with van der Waals surface area (Å²) in [4.78, 5) is 14.6. The molecule has 1 amide bonds. The van der Waals surface area contributed by atoms with Crippen LogP contribution in [0.5, 0.6) is 5.75 Å². The van der Waals surface area contributed by atoms with Crippen molar-refractivity contribution in [2.24, 2.45) is 0 Å². The van der Waals surface area contributed by atoms with Gasteiger partial charge in [-0.1, -0.05) is 0 Å². The fourth-order valence-electron chi connectivity index (χ4n) is 3.41. The van der Waals surface area contributed by atoms with Crippen molar-refractivity contribution in [3.8, 4) is 5.75 Å². The first kappa shape index (κ1) is 18.3. The number of piperidine rings is 1. The molecule has 6 nitrogen and oxygen atoms in total. The summed E-state index contributed by atoms with van der Waals surface area (Å²) in [5.41, 5.74) is 4.30. The predicted octanol–water partition coefficient (Wildman–Crippen LogP) is 3.07. The first-order chi connectivity index (χ1) is 12.6. The van der Waals surface area contributed by atoms with Gasteiger partial charge in [0.25, 0.3) is 0 Å². The van der Waals surface area contributed by atoms with Gasteiger partial charge in [0, 0.05) is 43.4 Å². The molecule has 2 N–H and O–H groups in total. The zero-order valence-electron chi connectivity index (χ0n) is 15.8. The molecular weight excluding hydrogens is 328 g/mol. The number of carbonyl (C=O) groups is 1. The molecule has 1 fully saturated rings. The molecule has 6 heteroatoms. The molecule has 0 unspecified atom stereocenters. The van der Waals surface area contributed by atoms with Gasteiger partial charge in [-0.2, -0.15) is 5.10 Å². The highest BCUT2D eigenvalue weighted by atomic mass is 16.5. The second-order valence-electron chi connectivity index (χ2n) is 6.97. The summed E-state index contributed by atoms with van der Waals surface area (Å²) in [7, 11) is 1.67. The second kappa shape index (κ2) is 8.25. The Bertz CT molecular complexity index is 739. The van der Waals surface area contributed by atoms with E-state index in [1.165, 1.54) is 0 Å². The number of anilines is 1. The van der Waals surface area contributed by atoms with Crippen molar-refractivity contribution in [3.63, 3.8) is 0 Å². The summed E-state index contributed by atoms with van der Waals surface area (Å²) in [6, 6.07) is 8.21. The van der Waals surface area contributed by atoms with E-state index in [0.29, 0.717) is 12.8 Å². The van der Waals surface area contributed by atoms with Crippen molar-refractivity contribution in [1.29, 1.82) is 0 Å². The number of amides is 1. The highest BCUT2D eigenvalue weighted by Crippen LogP contribution is 2.20. The van der Waals surface area contributed by atoms with Crippen molar-refractivity contribution in [1.82, 2.24) is 15.1 Å². The molecule has 1 atom stereocenters. The third-order valence-corrected chi connectivity index (χ3v) is 5.16. The number of methoxy groups -OCH3 is 1. The van der Waals surface area contributed by atoms with Crippen LogP contribution in [0.2, 0.25) is 0 Å². The van der Waals surface area contributed by atoms with Crippen LogP contribution in [0.3, 0.4) is 0 Å². The van der Waals surface area contributed by atoms with Gasteiger partial charge in [0.05, 0.1) is 12.8 Å².